The molecule has 0 bridgehead atoms. The molecule has 1 saturated heterocycles. The number of likely N-dealkylation sites (N-methyl/N-ethyl adjacent to an activating group) is 1. The number of hydrogen-bond acceptors (Lipinski definition) is 4. The molecule has 1 amide bonds. The lowest BCUT2D eigenvalue weighted by atomic mass is 10.0. The minimum absolute atomic E-state index is 0.0282. The lowest BCUT2D eigenvalue weighted by Gasteiger charge is -2.32. The maximum Gasteiger partial charge on any atom is 0.221 e. The Kier molecular flexibility index (Phi) is 6.17. The third-order valence-electron chi connectivity index (χ3n) is 3.98. The number of piperazine rings is 1. The van der Waals surface area contributed by atoms with Crippen LogP contribution in [0.3, 0.4) is 0 Å². The highest BCUT2D eigenvalue weighted by Crippen LogP contribution is 2.12. The Labute approximate surface area is 127 Å². The molecular formula is C16H26N4O. The normalized spacial score (nSPS) is 18.4. The van der Waals surface area contributed by atoms with Gasteiger partial charge in [-0.15, -0.1) is 0 Å². The van der Waals surface area contributed by atoms with Crippen LogP contribution in [0.2, 0.25) is 0 Å². The monoisotopic (exact) mass is 290 g/mol. The van der Waals surface area contributed by atoms with E-state index in [9.17, 15) is 4.79 Å². The quantitative estimate of drug-likeness (QED) is 0.798. The number of nitrogens with zero attached hydrogens (tertiary/aromatic N) is 2. The molecule has 5 nitrogen and oxygen atoms in total. The third kappa shape index (κ3) is 5.46. The van der Waals surface area contributed by atoms with Gasteiger partial charge in [0.05, 0.1) is 0 Å². The van der Waals surface area contributed by atoms with E-state index in [-0.39, 0.29) is 11.9 Å². The molecule has 116 valence electrons. The number of nitrogens with two attached hydrogens (primary N) is 1. The summed E-state index contributed by atoms with van der Waals surface area (Å²) < 4.78 is 0. The molecule has 1 fully saturated rings. The number of carbonyl (C=O) groups is 1. The van der Waals surface area contributed by atoms with Crippen molar-refractivity contribution in [2.75, 3.05) is 46.3 Å². The van der Waals surface area contributed by atoms with E-state index in [1.807, 2.05) is 30.3 Å². The van der Waals surface area contributed by atoms with Gasteiger partial charge in [0, 0.05) is 51.7 Å². The van der Waals surface area contributed by atoms with E-state index in [0.29, 0.717) is 13.0 Å². The molecule has 0 aliphatic carbocycles. The summed E-state index contributed by atoms with van der Waals surface area (Å²) in [5.74, 6) is 0.0282. The van der Waals surface area contributed by atoms with E-state index >= 15 is 0 Å². The molecule has 1 unspecified atom stereocenters. The zero-order valence-electron chi connectivity index (χ0n) is 12.8. The van der Waals surface area contributed by atoms with Crippen LogP contribution in [-0.2, 0) is 4.79 Å². The Morgan fingerprint density at radius 2 is 1.90 bits per heavy atom. The second kappa shape index (κ2) is 8.12. The van der Waals surface area contributed by atoms with Crippen LogP contribution in [0, 0.1) is 0 Å². The first-order valence-corrected chi connectivity index (χ1v) is 7.63. The van der Waals surface area contributed by atoms with Gasteiger partial charge in [-0.25, -0.2) is 0 Å². The van der Waals surface area contributed by atoms with Crippen molar-refractivity contribution in [3.8, 4) is 0 Å². The van der Waals surface area contributed by atoms with Crippen molar-refractivity contribution in [2.45, 2.75) is 12.5 Å². The summed E-state index contributed by atoms with van der Waals surface area (Å²) in [6.07, 6.45) is 0.340. The molecule has 1 aliphatic rings. The number of amides is 1. The van der Waals surface area contributed by atoms with Gasteiger partial charge < -0.3 is 16.0 Å². The zero-order valence-corrected chi connectivity index (χ0v) is 12.8. The van der Waals surface area contributed by atoms with Crippen molar-refractivity contribution >= 4 is 5.91 Å². The van der Waals surface area contributed by atoms with Crippen LogP contribution in [-0.4, -0.2) is 62.0 Å². The fourth-order valence-corrected chi connectivity index (χ4v) is 2.51. The average Bonchev–Trinajstić information content (AvgIpc) is 2.50. The van der Waals surface area contributed by atoms with Crippen LogP contribution in [0.25, 0.3) is 0 Å². The first-order chi connectivity index (χ1) is 10.1. The average molecular weight is 290 g/mol. The van der Waals surface area contributed by atoms with Gasteiger partial charge in [-0.3, -0.25) is 9.69 Å². The smallest absolute Gasteiger partial charge is 0.221 e. The molecule has 1 aromatic carbocycles. The summed E-state index contributed by atoms with van der Waals surface area (Å²) in [6, 6.07) is 9.53. The van der Waals surface area contributed by atoms with Crippen LogP contribution >= 0.6 is 0 Å². The van der Waals surface area contributed by atoms with Gasteiger partial charge in [-0.05, 0) is 12.6 Å². The van der Waals surface area contributed by atoms with Crippen LogP contribution in [0.1, 0.15) is 18.0 Å². The Hall–Kier alpha value is -1.43. The van der Waals surface area contributed by atoms with E-state index in [2.05, 4.69) is 22.2 Å². The molecule has 21 heavy (non-hydrogen) atoms. The summed E-state index contributed by atoms with van der Waals surface area (Å²) in [4.78, 5) is 16.6. The summed E-state index contributed by atoms with van der Waals surface area (Å²) in [6.45, 7) is 5.98. The first-order valence-electron chi connectivity index (χ1n) is 7.63. The van der Waals surface area contributed by atoms with Crippen molar-refractivity contribution in [3.05, 3.63) is 35.9 Å². The van der Waals surface area contributed by atoms with Crippen molar-refractivity contribution in [1.82, 2.24) is 15.1 Å². The molecule has 3 N–H and O–H groups in total. The molecule has 5 heteroatoms. The van der Waals surface area contributed by atoms with Gasteiger partial charge in [0.25, 0.3) is 0 Å². The molecule has 1 heterocycles. The molecule has 2 rings (SSSR count). The van der Waals surface area contributed by atoms with E-state index < -0.39 is 0 Å². The summed E-state index contributed by atoms with van der Waals surface area (Å²) in [5, 5.41) is 2.97. The van der Waals surface area contributed by atoms with Crippen molar-refractivity contribution in [1.29, 1.82) is 0 Å². The Bertz CT molecular complexity index is 429. The standard InChI is InChI=1S/C16H26N4O/c1-19-9-11-20(12-10-19)8-7-18-16(21)13-15(17)14-5-3-2-4-6-14/h2-6,15H,7-13,17H2,1H3,(H,18,21). The Morgan fingerprint density at radius 1 is 1.24 bits per heavy atom. The Morgan fingerprint density at radius 3 is 2.57 bits per heavy atom. The molecular weight excluding hydrogens is 264 g/mol. The number of benzene rings is 1. The maximum absolute atomic E-state index is 11.9. The number of nitrogens with one attached hydrogen (secondary N) is 1. The molecule has 0 aromatic heterocycles. The second-order valence-corrected chi connectivity index (χ2v) is 5.72. The van der Waals surface area contributed by atoms with E-state index in [1.54, 1.807) is 0 Å². The highest BCUT2D eigenvalue weighted by Gasteiger charge is 2.14. The van der Waals surface area contributed by atoms with E-state index in [0.717, 1.165) is 38.3 Å². The molecule has 0 spiro atoms. The summed E-state index contributed by atoms with van der Waals surface area (Å²) in [7, 11) is 2.14. The fourth-order valence-electron chi connectivity index (χ4n) is 2.51. The zero-order chi connectivity index (χ0) is 15.1. The van der Waals surface area contributed by atoms with Crippen LogP contribution in [0.15, 0.2) is 30.3 Å². The van der Waals surface area contributed by atoms with Gasteiger partial charge in [0.1, 0.15) is 0 Å². The van der Waals surface area contributed by atoms with Crippen LogP contribution in [0.5, 0.6) is 0 Å². The van der Waals surface area contributed by atoms with Gasteiger partial charge in [-0.1, -0.05) is 30.3 Å². The molecule has 0 saturated carbocycles. The van der Waals surface area contributed by atoms with E-state index in [4.69, 9.17) is 5.73 Å². The van der Waals surface area contributed by atoms with Crippen molar-refractivity contribution in [3.63, 3.8) is 0 Å². The Balaban J connectivity index is 1.63. The predicted octanol–water partition coefficient (Wildman–Crippen LogP) is 0.440. The van der Waals surface area contributed by atoms with Gasteiger partial charge >= 0.3 is 0 Å². The second-order valence-electron chi connectivity index (χ2n) is 5.72. The topological polar surface area (TPSA) is 61.6 Å². The predicted molar refractivity (Wildman–Crippen MR) is 84.9 cm³/mol. The lowest BCUT2D eigenvalue weighted by Crippen LogP contribution is -2.47. The fraction of sp³-hybridized carbons (Fsp3) is 0.562. The number of rotatable bonds is 6. The highest BCUT2D eigenvalue weighted by molar-refractivity contribution is 5.76. The molecule has 1 atom stereocenters. The minimum atomic E-state index is -0.227. The van der Waals surface area contributed by atoms with Gasteiger partial charge in [-0.2, -0.15) is 0 Å². The first kappa shape index (κ1) is 15.9. The number of carbonyl (C=O) groups excluding carboxylic acids is 1. The lowest BCUT2D eigenvalue weighted by molar-refractivity contribution is -0.121. The van der Waals surface area contributed by atoms with Crippen molar-refractivity contribution in [2.24, 2.45) is 5.73 Å². The van der Waals surface area contributed by atoms with E-state index in [1.165, 1.54) is 0 Å². The summed E-state index contributed by atoms with van der Waals surface area (Å²) in [5.41, 5.74) is 7.06. The third-order valence-corrected chi connectivity index (χ3v) is 3.98. The van der Waals surface area contributed by atoms with Gasteiger partial charge in [0.2, 0.25) is 5.91 Å². The van der Waals surface area contributed by atoms with Gasteiger partial charge in [0.15, 0.2) is 0 Å². The summed E-state index contributed by atoms with van der Waals surface area (Å²) >= 11 is 0. The van der Waals surface area contributed by atoms with Crippen LogP contribution in [0.4, 0.5) is 0 Å². The SMILES string of the molecule is CN1CCN(CCNC(=O)CC(N)c2ccccc2)CC1. The van der Waals surface area contributed by atoms with Crippen LogP contribution < -0.4 is 11.1 Å². The van der Waals surface area contributed by atoms with Crippen molar-refractivity contribution < 1.29 is 4.79 Å². The maximum atomic E-state index is 11.9. The molecule has 1 aliphatic heterocycles. The molecule has 0 radical (unpaired) electrons. The highest BCUT2D eigenvalue weighted by atomic mass is 16.1. The molecule has 1 aromatic rings. The minimum Gasteiger partial charge on any atom is -0.355 e. The number of hydrogen-bond donors (Lipinski definition) is 2. The largest absolute Gasteiger partial charge is 0.355 e.